The van der Waals surface area contributed by atoms with Crippen LogP contribution in [0.1, 0.15) is 28.9 Å². The maximum atomic E-state index is 12.1. The summed E-state index contributed by atoms with van der Waals surface area (Å²) in [7, 11) is -2.94. The molecule has 3 rings (SSSR count). The van der Waals surface area contributed by atoms with Crippen molar-refractivity contribution >= 4 is 21.6 Å². The molecule has 0 radical (unpaired) electrons. The quantitative estimate of drug-likeness (QED) is 0.711. The summed E-state index contributed by atoms with van der Waals surface area (Å²) < 4.78 is 22.9. The van der Waals surface area contributed by atoms with Gasteiger partial charge in [0.15, 0.2) is 9.84 Å². The van der Waals surface area contributed by atoms with Crippen LogP contribution < -0.4 is 10.6 Å². The predicted octanol–water partition coefficient (Wildman–Crippen LogP) is 1.44. The number of hydrogen-bond acceptors (Lipinski definition) is 6. The Labute approximate surface area is 153 Å². The lowest BCUT2D eigenvalue weighted by atomic mass is 10.1. The lowest BCUT2D eigenvalue weighted by Gasteiger charge is -2.11. The highest BCUT2D eigenvalue weighted by Gasteiger charge is 2.27. The monoisotopic (exact) mass is 374 g/mol. The number of nitrogens with zero attached hydrogens (tertiary/aromatic N) is 2. The average molecular weight is 374 g/mol. The van der Waals surface area contributed by atoms with Crippen molar-refractivity contribution in [1.82, 2.24) is 15.3 Å². The van der Waals surface area contributed by atoms with Crippen molar-refractivity contribution in [2.24, 2.45) is 0 Å². The van der Waals surface area contributed by atoms with Gasteiger partial charge in [-0.1, -0.05) is 30.3 Å². The van der Waals surface area contributed by atoms with Gasteiger partial charge in [-0.2, -0.15) is 0 Å². The molecule has 138 valence electrons. The summed E-state index contributed by atoms with van der Waals surface area (Å²) in [6, 6.07) is 9.96. The molecule has 1 aromatic carbocycles. The number of amides is 1. The van der Waals surface area contributed by atoms with Crippen LogP contribution in [0.5, 0.6) is 0 Å². The van der Waals surface area contributed by atoms with Crippen LogP contribution >= 0.6 is 0 Å². The fraction of sp³-hybridized carbons (Fsp3) is 0.389. The number of rotatable bonds is 7. The molecule has 0 saturated carbocycles. The van der Waals surface area contributed by atoms with E-state index in [2.05, 4.69) is 32.7 Å². The molecule has 1 fully saturated rings. The summed E-state index contributed by atoms with van der Waals surface area (Å²) in [5.41, 5.74) is 1.49. The molecular weight excluding hydrogens is 352 g/mol. The lowest BCUT2D eigenvalue weighted by Crippen LogP contribution is -2.26. The summed E-state index contributed by atoms with van der Waals surface area (Å²) in [5.74, 6) is 0.521. The number of nitrogens with one attached hydrogen (secondary N) is 2. The molecule has 1 aliphatic heterocycles. The van der Waals surface area contributed by atoms with E-state index in [1.54, 1.807) is 0 Å². The molecule has 1 aliphatic rings. The van der Waals surface area contributed by atoms with Crippen LogP contribution in [0.3, 0.4) is 0 Å². The van der Waals surface area contributed by atoms with Crippen molar-refractivity contribution in [3.63, 3.8) is 0 Å². The Morgan fingerprint density at radius 2 is 1.96 bits per heavy atom. The SMILES string of the molecule is O=C(NCCCc1ccccc1)c1cnc(NC2CCS(=O)(=O)C2)cn1. The summed E-state index contributed by atoms with van der Waals surface area (Å²) in [6.45, 7) is 0.565. The van der Waals surface area contributed by atoms with Crippen LogP contribution in [-0.4, -0.2) is 48.4 Å². The van der Waals surface area contributed by atoms with E-state index >= 15 is 0 Å². The molecule has 1 amide bonds. The normalized spacial score (nSPS) is 18.4. The minimum absolute atomic E-state index is 0.109. The first-order chi connectivity index (χ1) is 12.5. The number of sulfone groups is 1. The second-order valence-corrected chi connectivity index (χ2v) is 8.60. The Kier molecular flexibility index (Phi) is 5.82. The van der Waals surface area contributed by atoms with Crippen LogP contribution in [-0.2, 0) is 16.3 Å². The zero-order chi connectivity index (χ0) is 18.4. The molecule has 8 heteroatoms. The minimum Gasteiger partial charge on any atom is -0.365 e. The highest BCUT2D eigenvalue weighted by molar-refractivity contribution is 7.91. The van der Waals surface area contributed by atoms with Crippen molar-refractivity contribution in [2.75, 3.05) is 23.4 Å². The van der Waals surface area contributed by atoms with Gasteiger partial charge in [0.2, 0.25) is 0 Å². The van der Waals surface area contributed by atoms with Gasteiger partial charge < -0.3 is 10.6 Å². The van der Waals surface area contributed by atoms with Gasteiger partial charge in [-0.05, 0) is 24.8 Å². The van der Waals surface area contributed by atoms with Crippen molar-refractivity contribution in [2.45, 2.75) is 25.3 Å². The van der Waals surface area contributed by atoms with E-state index in [0.717, 1.165) is 12.8 Å². The van der Waals surface area contributed by atoms with Gasteiger partial charge in [-0.3, -0.25) is 4.79 Å². The number of carbonyl (C=O) groups is 1. The van der Waals surface area contributed by atoms with Gasteiger partial charge in [0.25, 0.3) is 5.91 Å². The molecule has 2 N–H and O–H groups in total. The van der Waals surface area contributed by atoms with Crippen molar-refractivity contribution < 1.29 is 13.2 Å². The predicted molar refractivity (Wildman–Crippen MR) is 99.8 cm³/mol. The van der Waals surface area contributed by atoms with E-state index in [1.807, 2.05) is 18.2 Å². The summed E-state index contributed by atoms with van der Waals surface area (Å²) in [5, 5.41) is 5.88. The third-order valence-electron chi connectivity index (χ3n) is 4.24. The van der Waals surface area contributed by atoms with Gasteiger partial charge >= 0.3 is 0 Å². The number of anilines is 1. The molecule has 7 nitrogen and oxygen atoms in total. The Morgan fingerprint density at radius 3 is 2.62 bits per heavy atom. The first kappa shape index (κ1) is 18.3. The highest BCUT2D eigenvalue weighted by Crippen LogP contribution is 2.15. The van der Waals surface area contributed by atoms with Crippen LogP contribution in [0.25, 0.3) is 0 Å². The number of carbonyl (C=O) groups excluding carboxylic acids is 1. The standard InChI is InChI=1S/C18H22N4O3S/c23-18(19-9-4-7-14-5-2-1-3-6-14)16-11-21-17(12-20-16)22-15-8-10-26(24,25)13-15/h1-3,5-6,11-12,15H,4,7-10,13H2,(H,19,23)(H,21,22). The van der Waals surface area contributed by atoms with E-state index in [1.165, 1.54) is 18.0 Å². The molecule has 1 atom stereocenters. The maximum Gasteiger partial charge on any atom is 0.271 e. The van der Waals surface area contributed by atoms with Gasteiger partial charge in [0.1, 0.15) is 11.5 Å². The molecule has 1 saturated heterocycles. The van der Waals surface area contributed by atoms with Crippen LogP contribution in [0.4, 0.5) is 5.82 Å². The van der Waals surface area contributed by atoms with Gasteiger partial charge in [-0.25, -0.2) is 18.4 Å². The molecular formula is C18H22N4O3S. The minimum atomic E-state index is -2.94. The second kappa shape index (κ2) is 8.27. The van der Waals surface area contributed by atoms with E-state index in [9.17, 15) is 13.2 Å². The fourth-order valence-electron chi connectivity index (χ4n) is 2.87. The Balaban J connectivity index is 1.43. The zero-order valence-electron chi connectivity index (χ0n) is 14.4. The van der Waals surface area contributed by atoms with Crippen LogP contribution in [0.2, 0.25) is 0 Å². The molecule has 1 unspecified atom stereocenters. The first-order valence-corrected chi connectivity index (χ1v) is 10.5. The summed E-state index contributed by atoms with van der Waals surface area (Å²) >= 11 is 0. The topological polar surface area (TPSA) is 101 Å². The maximum absolute atomic E-state index is 12.1. The molecule has 0 bridgehead atoms. The smallest absolute Gasteiger partial charge is 0.271 e. The fourth-order valence-corrected chi connectivity index (χ4v) is 4.54. The molecule has 0 spiro atoms. The number of aryl methyl sites for hydroxylation is 1. The number of hydrogen-bond donors (Lipinski definition) is 2. The van der Waals surface area contributed by atoms with Crippen LogP contribution in [0, 0.1) is 0 Å². The second-order valence-electron chi connectivity index (χ2n) is 6.38. The average Bonchev–Trinajstić information content (AvgIpc) is 2.98. The number of aromatic nitrogens is 2. The molecule has 0 aliphatic carbocycles. The van der Waals surface area contributed by atoms with Gasteiger partial charge in [0.05, 0.1) is 23.9 Å². The third kappa shape index (κ3) is 5.26. The Hall–Kier alpha value is -2.48. The highest BCUT2D eigenvalue weighted by atomic mass is 32.2. The van der Waals surface area contributed by atoms with Gasteiger partial charge in [0, 0.05) is 12.6 Å². The van der Waals surface area contributed by atoms with Gasteiger partial charge in [-0.15, -0.1) is 0 Å². The summed E-state index contributed by atoms with van der Waals surface area (Å²) in [4.78, 5) is 20.3. The lowest BCUT2D eigenvalue weighted by molar-refractivity contribution is 0.0948. The van der Waals surface area contributed by atoms with Crippen molar-refractivity contribution in [3.05, 3.63) is 54.0 Å². The Morgan fingerprint density at radius 1 is 1.15 bits per heavy atom. The largest absolute Gasteiger partial charge is 0.365 e. The molecule has 1 aromatic heterocycles. The van der Waals surface area contributed by atoms with Crippen molar-refractivity contribution in [3.8, 4) is 0 Å². The number of benzene rings is 1. The van der Waals surface area contributed by atoms with E-state index in [0.29, 0.717) is 18.8 Å². The Bertz CT molecular complexity index is 838. The van der Waals surface area contributed by atoms with E-state index < -0.39 is 9.84 Å². The molecule has 26 heavy (non-hydrogen) atoms. The third-order valence-corrected chi connectivity index (χ3v) is 6.01. The van der Waals surface area contributed by atoms with Crippen molar-refractivity contribution in [1.29, 1.82) is 0 Å². The van der Waals surface area contributed by atoms with E-state index in [-0.39, 0.29) is 29.1 Å². The molecule has 2 aromatic rings. The first-order valence-electron chi connectivity index (χ1n) is 8.63. The zero-order valence-corrected chi connectivity index (χ0v) is 15.2. The molecule has 2 heterocycles. The summed E-state index contributed by atoms with van der Waals surface area (Å²) in [6.07, 6.45) is 5.18. The van der Waals surface area contributed by atoms with Crippen LogP contribution in [0.15, 0.2) is 42.7 Å². The van der Waals surface area contributed by atoms with E-state index in [4.69, 9.17) is 0 Å².